The van der Waals surface area contributed by atoms with Gasteiger partial charge in [-0.25, -0.2) is 0 Å². The Hall–Kier alpha value is -0.700. The molecule has 1 aliphatic carbocycles. The van der Waals surface area contributed by atoms with Crippen LogP contribution in [-0.4, -0.2) is 18.6 Å². The lowest BCUT2D eigenvalue weighted by atomic mass is 9.88. The first-order chi connectivity index (χ1) is 4.88. The molecule has 2 rings (SSSR count). The molecule has 0 radical (unpaired) electrons. The van der Waals surface area contributed by atoms with Crippen molar-refractivity contribution in [3.63, 3.8) is 0 Å². The zero-order chi connectivity index (χ0) is 6.97. The molecule has 1 heterocycles. The van der Waals surface area contributed by atoms with Crippen LogP contribution in [-0.2, 0) is 0 Å². The van der Waals surface area contributed by atoms with Gasteiger partial charge in [0.2, 0.25) is 0 Å². The van der Waals surface area contributed by atoms with Crippen molar-refractivity contribution >= 4 is 0 Å². The van der Waals surface area contributed by atoms with Gasteiger partial charge < -0.3 is 5.73 Å². The van der Waals surface area contributed by atoms with Crippen molar-refractivity contribution in [1.82, 2.24) is 0 Å². The molecule has 0 aromatic heterocycles. The fourth-order valence-corrected chi connectivity index (χ4v) is 1.58. The minimum absolute atomic E-state index is 0.116. The summed E-state index contributed by atoms with van der Waals surface area (Å²) in [6, 6.07) is 0.398. The van der Waals surface area contributed by atoms with E-state index in [-0.39, 0.29) is 12.1 Å². The summed E-state index contributed by atoms with van der Waals surface area (Å²) in [5.41, 5.74) is 5.78. The van der Waals surface area contributed by atoms with E-state index in [2.05, 4.69) is 16.3 Å². The van der Waals surface area contributed by atoms with E-state index in [1.165, 1.54) is 0 Å². The first-order valence-corrected chi connectivity index (χ1v) is 3.67. The highest BCUT2D eigenvalue weighted by atomic mass is 15.2. The molecule has 3 nitrogen and oxygen atoms in total. The van der Waals surface area contributed by atoms with Crippen LogP contribution in [0.5, 0.6) is 0 Å². The minimum Gasteiger partial charge on any atom is -0.323 e. The first-order valence-electron chi connectivity index (χ1n) is 3.67. The van der Waals surface area contributed by atoms with E-state index in [0.717, 1.165) is 13.0 Å². The third kappa shape index (κ3) is 0.778. The van der Waals surface area contributed by atoms with Gasteiger partial charge in [0.15, 0.2) is 0 Å². The highest BCUT2D eigenvalue weighted by Gasteiger charge is 2.31. The lowest BCUT2D eigenvalue weighted by Gasteiger charge is -2.22. The third-order valence-electron chi connectivity index (χ3n) is 2.21. The molecule has 3 unspecified atom stereocenters. The molecule has 2 aliphatic rings. The van der Waals surface area contributed by atoms with Crippen molar-refractivity contribution in [3.8, 4) is 0 Å². The summed E-state index contributed by atoms with van der Waals surface area (Å²) in [4.78, 5) is 0. The Labute approximate surface area is 60.0 Å². The Balaban J connectivity index is 2.19. The molecule has 10 heavy (non-hydrogen) atoms. The second kappa shape index (κ2) is 2.16. The predicted octanol–water partition coefficient (Wildman–Crippen LogP) is 0.724. The van der Waals surface area contributed by atoms with Crippen molar-refractivity contribution in [2.75, 3.05) is 6.54 Å². The zero-order valence-corrected chi connectivity index (χ0v) is 5.77. The van der Waals surface area contributed by atoms with Crippen molar-refractivity contribution in [1.29, 1.82) is 0 Å². The molecular weight excluding hydrogens is 126 g/mol. The topological polar surface area (TPSA) is 50.7 Å². The minimum atomic E-state index is 0.116. The molecule has 3 atom stereocenters. The standard InChI is InChI=1S/C7H11N3/c8-6-3-1-2-5-4-9-10-7(5)6/h1,3,5-7H,2,4,8H2. The summed E-state index contributed by atoms with van der Waals surface area (Å²) in [6.45, 7) is 0.878. The SMILES string of the molecule is NC1C=CCC2CN=NC12. The molecule has 0 bridgehead atoms. The zero-order valence-electron chi connectivity index (χ0n) is 5.77. The van der Waals surface area contributed by atoms with Crippen LogP contribution in [0.4, 0.5) is 0 Å². The second-order valence-corrected chi connectivity index (χ2v) is 2.93. The highest BCUT2D eigenvalue weighted by Crippen LogP contribution is 2.26. The smallest absolute Gasteiger partial charge is 0.0943 e. The van der Waals surface area contributed by atoms with E-state index in [1.54, 1.807) is 0 Å². The molecule has 0 spiro atoms. The van der Waals surface area contributed by atoms with Gasteiger partial charge in [-0.3, -0.25) is 0 Å². The number of hydrogen-bond acceptors (Lipinski definition) is 3. The number of azo groups is 1. The Morgan fingerprint density at radius 3 is 3.20 bits per heavy atom. The first kappa shape index (κ1) is 6.04. The van der Waals surface area contributed by atoms with E-state index in [9.17, 15) is 0 Å². The van der Waals surface area contributed by atoms with Gasteiger partial charge in [0.05, 0.1) is 12.6 Å². The summed E-state index contributed by atoms with van der Waals surface area (Å²) < 4.78 is 0. The Bertz CT molecular complexity index is 185. The molecule has 2 N–H and O–H groups in total. The van der Waals surface area contributed by atoms with Crippen molar-refractivity contribution in [2.45, 2.75) is 18.5 Å². The summed E-state index contributed by atoms with van der Waals surface area (Å²) >= 11 is 0. The van der Waals surface area contributed by atoms with Gasteiger partial charge in [0.1, 0.15) is 0 Å². The van der Waals surface area contributed by atoms with Gasteiger partial charge in [-0.15, -0.1) is 0 Å². The maximum atomic E-state index is 5.78. The van der Waals surface area contributed by atoms with Crippen molar-refractivity contribution < 1.29 is 0 Å². The molecule has 0 aromatic rings. The van der Waals surface area contributed by atoms with Crippen LogP contribution >= 0.6 is 0 Å². The average molecular weight is 137 g/mol. The highest BCUT2D eigenvalue weighted by molar-refractivity contribution is 5.08. The Kier molecular flexibility index (Phi) is 1.31. The number of hydrogen-bond donors (Lipinski definition) is 1. The van der Waals surface area contributed by atoms with Crippen LogP contribution in [0.3, 0.4) is 0 Å². The van der Waals surface area contributed by atoms with Crippen molar-refractivity contribution in [3.05, 3.63) is 12.2 Å². The number of allylic oxidation sites excluding steroid dienone is 1. The van der Waals surface area contributed by atoms with Crippen LogP contribution in [0.25, 0.3) is 0 Å². The van der Waals surface area contributed by atoms with E-state index in [1.807, 2.05) is 6.08 Å². The monoisotopic (exact) mass is 137 g/mol. The Morgan fingerprint density at radius 2 is 2.40 bits per heavy atom. The summed E-state index contributed by atoms with van der Waals surface area (Å²) in [5.74, 6) is 0.597. The second-order valence-electron chi connectivity index (χ2n) is 2.93. The van der Waals surface area contributed by atoms with Crippen molar-refractivity contribution in [2.24, 2.45) is 21.9 Å². The van der Waals surface area contributed by atoms with E-state index < -0.39 is 0 Å². The largest absolute Gasteiger partial charge is 0.323 e. The molecule has 0 aromatic carbocycles. The average Bonchev–Trinajstić information content (AvgIpc) is 2.36. The normalized spacial score (nSPS) is 43.9. The molecule has 54 valence electrons. The number of nitrogens with two attached hydrogens (primary N) is 1. The number of fused-ring (bicyclic) bond motifs is 1. The fourth-order valence-electron chi connectivity index (χ4n) is 1.58. The lowest BCUT2D eigenvalue weighted by molar-refractivity contribution is 0.434. The quantitative estimate of drug-likeness (QED) is 0.491. The maximum Gasteiger partial charge on any atom is 0.0943 e. The summed E-state index contributed by atoms with van der Waals surface area (Å²) in [5, 5.41) is 8.07. The molecule has 0 saturated carbocycles. The fraction of sp³-hybridized carbons (Fsp3) is 0.714. The van der Waals surface area contributed by atoms with Crippen LogP contribution in [0.1, 0.15) is 6.42 Å². The van der Waals surface area contributed by atoms with Crippen LogP contribution in [0, 0.1) is 5.92 Å². The van der Waals surface area contributed by atoms with Gasteiger partial charge in [0.25, 0.3) is 0 Å². The predicted molar refractivity (Wildman–Crippen MR) is 38.7 cm³/mol. The van der Waals surface area contributed by atoms with Crippen LogP contribution < -0.4 is 5.73 Å². The maximum absolute atomic E-state index is 5.78. The third-order valence-corrected chi connectivity index (χ3v) is 2.21. The van der Waals surface area contributed by atoms with Gasteiger partial charge in [-0.1, -0.05) is 12.2 Å². The van der Waals surface area contributed by atoms with E-state index >= 15 is 0 Å². The molecule has 0 fully saturated rings. The summed E-state index contributed by atoms with van der Waals surface area (Å²) in [6.07, 6.45) is 5.28. The van der Waals surface area contributed by atoms with Crippen LogP contribution in [0.2, 0.25) is 0 Å². The molecule has 0 saturated heterocycles. The number of nitrogens with zero attached hydrogens (tertiary/aromatic N) is 2. The molecule has 1 aliphatic heterocycles. The van der Waals surface area contributed by atoms with Gasteiger partial charge in [0, 0.05) is 12.0 Å². The van der Waals surface area contributed by atoms with Gasteiger partial charge in [-0.05, 0) is 6.42 Å². The van der Waals surface area contributed by atoms with Gasteiger partial charge >= 0.3 is 0 Å². The summed E-state index contributed by atoms with van der Waals surface area (Å²) in [7, 11) is 0. The number of rotatable bonds is 0. The van der Waals surface area contributed by atoms with Gasteiger partial charge in [-0.2, -0.15) is 10.2 Å². The molecule has 0 amide bonds. The molecule has 3 heteroatoms. The molecular formula is C7H11N3. The van der Waals surface area contributed by atoms with Crippen LogP contribution in [0.15, 0.2) is 22.4 Å². The lowest BCUT2D eigenvalue weighted by Crippen LogP contribution is -2.38. The van der Waals surface area contributed by atoms with E-state index in [0.29, 0.717) is 5.92 Å². The van der Waals surface area contributed by atoms with E-state index in [4.69, 9.17) is 5.73 Å². The Morgan fingerprint density at radius 1 is 1.50 bits per heavy atom.